The fraction of sp³-hybridized carbons (Fsp3) is 0.889. The van der Waals surface area contributed by atoms with Crippen LogP contribution in [0.5, 0.6) is 0 Å². The van der Waals surface area contributed by atoms with Crippen LogP contribution in [-0.4, -0.2) is 85.9 Å². The number of carbonyl (C=O) groups excluding carboxylic acids is 2. The fourth-order valence-electron chi connectivity index (χ4n) is 3.57. The molecule has 0 aromatic rings. The van der Waals surface area contributed by atoms with Crippen LogP contribution in [0.4, 0.5) is 0 Å². The Balaban J connectivity index is 1.92. The SMILES string of the molecule is CC1CCN(CC(=O)N(CCC(=O)N(C)C)C2CCNCC2)CC1. The van der Waals surface area contributed by atoms with Crippen LogP contribution in [-0.2, 0) is 9.59 Å². The first kappa shape index (κ1) is 19.2. The molecular formula is C18H34N4O2. The molecule has 0 atom stereocenters. The van der Waals surface area contributed by atoms with Crippen LogP contribution in [0, 0.1) is 5.92 Å². The molecule has 2 aliphatic rings. The lowest BCUT2D eigenvalue weighted by Gasteiger charge is -2.37. The van der Waals surface area contributed by atoms with Gasteiger partial charge in [-0.2, -0.15) is 0 Å². The molecular weight excluding hydrogens is 304 g/mol. The maximum atomic E-state index is 12.9. The van der Waals surface area contributed by atoms with E-state index in [1.165, 1.54) is 12.8 Å². The number of rotatable bonds is 6. The number of hydrogen-bond donors (Lipinski definition) is 1. The Morgan fingerprint density at radius 2 is 1.67 bits per heavy atom. The standard InChI is InChI=1S/C18H34N4O2/c1-15-6-11-21(12-7-15)14-18(24)22(13-8-17(23)20(2)3)16-4-9-19-10-5-16/h15-16,19H,4-14H2,1-3H3. The predicted octanol–water partition coefficient (Wildman–Crippen LogP) is 0.777. The zero-order valence-corrected chi connectivity index (χ0v) is 15.6. The van der Waals surface area contributed by atoms with Gasteiger partial charge < -0.3 is 15.1 Å². The Morgan fingerprint density at radius 3 is 2.25 bits per heavy atom. The summed E-state index contributed by atoms with van der Waals surface area (Å²) >= 11 is 0. The highest BCUT2D eigenvalue weighted by Gasteiger charge is 2.28. The number of nitrogens with zero attached hydrogens (tertiary/aromatic N) is 3. The smallest absolute Gasteiger partial charge is 0.237 e. The lowest BCUT2D eigenvalue weighted by Crippen LogP contribution is -2.51. The van der Waals surface area contributed by atoms with Gasteiger partial charge in [0.1, 0.15) is 0 Å². The molecule has 24 heavy (non-hydrogen) atoms. The molecule has 0 spiro atoms. The second-order valence-electron chi connectivity index (χ2n) is 7.57. The van der Waals surface area contributed by atoms with Gasteiger partial charge in [0.25, 0.3) is 0 Å². The van der Waals surface area contributed by atoms with Gasteiger partial charge in [0.2, 0.25) is 11.8 Å². The van der Waals surface area contributed by atoms with E-state index in [0.717, 1.165) is 44.9 Å². The van der Waals surface area contributed by atoms with Crippen molar-refractivity contribution < 1.29 is 9.59 Å². The molecule has 2 rings (SSSR count). The van der Waals surface area contributed by atoms with E-state index in [4.69, 9.17) is 0 Å². The van der Waals surface area contributed by atoms with Gasteiger partial charge >= 0.3 is 0 Å². The van der Waals surface area contributed by atoms with Gasteiger partial charge in [-0.1, -0.05) is 6.92 Å². The quantitative estimate of drug-likeness (QED) is 0.777. The summed E-state index contributed by atoms with van der Waals surface area (Å²) < 4.78 is 0. The summed E-state index contributed by atoms with van der Waals surface area (Å²) in [6.07, 6.45) is 4.75. The van der Waals surface area contributed by atoms with Gasteiger partial charge in [-0.15, -0.1) is 0 Å². The zero-order valence-electron chi connectivity index (χ0n) is 15.6. The molecule has 6 heteroatoms. The highest BCUT2D eigenvalue weighted by Crippen LogP contribution is 2.18. The summed E-state index contributed by atoms with van der Waals surface area (Å²) in [5.41, 5.74) is 0. The minimum Gasteiger partial charge on any atom is -0.349 e. The second kappa shape index (κ2) is 9.37. The molecule has 0 aliphatic carbocycles. The average molecular weight is 338 g/mol. The van der Waals surface area contributed by atoms with Crippen LogP contribution in [0.3, 0.4) is 0 Å². The lowest BCUT2D eigenvalue weighted by molar-refractivity contribution is -0.137. The van der Waals surface area contributed by atoms with Gasteiger partial charge in [0.15, 0.2) is 0 Å². The topological polar surface area (TPSA) is 55.9 Å². The minimum atomic E-state index is 0.0912. The van der Waals surface area contributed by atoms with Gasteiger partial charge in [-0.3, -0.25) is 14.5 Å². The summed E-state index contributed by atoms with van der Waals surface area (Å²) in [6, 6.07) is 0.275. The summed E-state index contributed by atoms with van der Waals surface area (Å²) in [5, 5.41) is 3.35. The molecule has 2 amide bonds. The third-order valence-corrected chi connectivity index (χ3v) is 5.37. The van der Waals surface area contributed by atoms with Crippen molar-refractivity contribution in [2.75, 3.05) is 53.4 Å². The van der Waals surface area contributed by atoms with Gasteiger partial charge in [0, 0.05) is 33.1 Å². The van der Waals surface area contributed by atoms with Gasteiger partial charge in [0.05, 0.1) is 6.54 Å². The van der Waals surface area contributed by atoms with Crippen LogP contribution in [0.25, 0.3) is 0 Å². The number of amides is 2. The highest BCUT2D eigenvalue weighted by molar-refractivity contribution is 5.80. The molecule has 0 saturated carbocycles. The Bertz CT molecular complexity index is 413. The molecule has 2 heterocycles. The number of carbonyl (C=O) groups is 2. The van der Waals surface area contributed by atoms with Crippen molar-refractivity contribution in [2.24, 2.45) is 5.92 Å². The third kappa shape index (κ3) is 5.74. The molecule has 6 nitrogen and oxygen atoms in total. The zero-order chi connectivity index (χ0) is 17.5. The van der Waals surface area contributed by atoms with E-state index < -0.39 is 0 Å². The minimum absolute atomic E-state index is 0.0912. The van der Waals surface area contributed by atoms with Crippen LogP contribution < -0.4 is 5.32 Å². The van der Waals surface area contributed by atoms with Crippen LogP contribution in [0.1, 0.15) is 39.0 Å². The average Bonchev–Trinajstić information content (AvgIpc) is 2.58. The first-order valence-corrected chi connectivity index (χ1v) is 9.40. The van der Waals surface area contributed by atoms with E-state index in [2.05, 4.69) is 17.1 Å². The Hall–Kier alpha value is -1.14. The first-order chi connectivity index (χ1) is 11.5. The van der Waals surface area contributed by atoms with Gasteiger partial charge in [-0.05, 0) is 57.8 Å². The second-order valence-corrected chi connectivity index (χ2v) is 7.57. The van der Waals surface area contributed by atoms with E-state index >= 15 is 0 Å². The fourth-order valence-corrected chi connectivity index (χ4v) is 3.57. The molecule has 0 aromatic heterocycles. The van der Waals surface area contributed by atoms with Gasteiger partial charge in [-0.25, -0.2) is 0 Å². The Morgan fingerprint density at radius 1 is 1.04 bits per heavy atom. The third-order valence-electron chi connectivity index (χ3n) is 5.37. The van der Waals surface area contributed by atoms with Crippen LogP contribution in [0.2, 0.25) is 0 Å². The van der Waals surface area contributed by atoms with Crippen molar-refractivity contribution in [3.8, 4) is 0 Å². The normalized spacial score (nSPS) is 20.8. The number of hydrogen-bond acceptors (Lipinski definition) is 4. The molecule has 0 aromatic carbocycles. The number of nitrogens with one attached hydrogen (secondary N) is 1. The van der Waals surface area contributed by atoms with Crippen molar-refractivity contribution in [3.05, 3.63) is 0 Å². The number of piperidine rings is 2. The van der Waals surface area contributed by atoms with E-state index in [9.17, 15) is 9.59 Å². The largest absolute Gasteiger partial charge is 0.349 e. The number of likely N-dealkylation sites (tertiary alicyclic amines) is 1. The summed E-state index contributed by atoms with van der Waals surface area (Å²) in [6.45, 7) is 7.28. The van der Waals surface area contributed by atoms with Crippen molar-refractivity contribution in [3.63, 3.8) is 0 Å². The molecule has 0 radical (unpaired) electrons. The molecule has 2 saturated heterocycles. The van der Waals surface area contributed by atoms with Crippen molar-refractivity contribution in [2.45, 2.75) is 45.1 Å². The molecule has 1 N–H and O–H groups in total. The predicted molar refractivity (Wildman–Crippen MR) is 95.8 cm³/mol. The maximum absolute atomic E-state index is 12.9. The Kier molecular flexibility index (Phi) is 7.49. The maximum Gasteiger partial charge on any atom is 0.237 e. The lowest BCUT2D eigenvalue weighted by atomic mass is 9.99. The summed E-state index contributed by atoms with van der Waals surface area (Å²) in [4.78, 5) is 30.7. The Labute approximate surface area is 146 Å². The molecule has 138 valence electrons. The van der Waals surface area contributed by atoms with Crippen LogP contribution in [0.15, 0.2) is 0 Å². The van der Waals surface area contributed by atoms with Crippen molar-refractivity contribution in [1.82, 2.24) is 20.0 Å². The van der Waals surface area contributed by atoms with Crippen molar-refractivity contribution in [1.29, 1.82) is 0 Å². The highest BCUT2D eigenvalue weighted by atomic mass is 16.2. The monoisotopic (exact) mass is 338 g/mol. The molecule has 2 fully saturated rings. The summed E-state index contributed by atoms with van der Waals surface area (Å²) in [7, 11) is 3.54. The van der Waals surface area contributed by atoms with E-state index in [1.807, 2.05) is 4.90 Å². The van der Waals surface area contributed by atoms with E-state index in [0.29, 0.717) is 19.5 Å². The first-order valence-electron chi connectivity index (χ1n) is 9.40. The molecule has 2 aliphatic heterocycles. The van der Waals surface area contributed by atoms with Crippen LogP contribution >= 0.6 is 0 Å². The molecule has 0 unspecified atom stereocenters. The van der Waals surface area contributed by atoms with Crippen molar-refractivity contribution >= 4 is 11.8 Å². The van der Waals surface area contributed by atoms with E-state index in [-0.39, 0.29) is 17.9 Å². The molecule has 0 bridgehead atoms. The summed E-state index contributed by atoms with van der Waals surface area (Å²) in [5.74, 6) is 1.06. The van der Waals surface area contributed by atoms with E-state index in [1.54, 1.807) is 19.0 Å².